The second kappa shape index (κ2) is 4.51. The van der Waals surface area contributed by atoms with E-state index in [4.69, 9.17) is 5.11 Å². The van der Waals surface area contributed by atoms with Gasteiger partial charge in [-0.1, -0.05) is 12.8 Å². The molecule has 1 aromatic carbocycles. The lowest BCUT2D eigenvalue weighted by Crippen LogP contribution is -2.15. The summed E-state index contributed by atoms with van der Waals surface area (Å²) in [6, 6.07) is 4.53. The number of rotatable bonds is 3. The van der Waals surface area contributed by atoms with E-state index in [1.165, 1.54) is 25.0 Å². The zero-order valence-corrected chi connectivity index (χ0v) is 8.87. The third-order valence-electron chi connectivity index (χ3n) is 2.92. The molecule has 3 nitrogen and oxygen atoms in total. The quantitative estimate of drug-likeness (QED) is 0.828. The number of carboxylic acids is 1. The molecular formula is C12H14FNO2. The number of anilines is 1. The molecule has 0 aliphatic heterocycles. The SMILES string of the molecule is O=C(O)c1cc(NC2CCCC2)ccc1F. The lowest BCUT2D eigenvalue weighted by atomic mass is 10.1. The molecule has 2 rings (SSSR count). The van der Waals surface area contributed by atoms with Gasteiger partial charge in [-0.05, 0) is 31.0 Å². The first-order chi connectivity index (χ1) is 7.66. The van der Waals surface area contributed by atoms with Crippen LogP contribution in [0.4, 0.5) is 10.1 Å². The highest BCUT2D eigenvalue weighted by atomic mass is 19.1. The standard InChI is InChI=1S/C12H14FNO2/c13-11-6-5-9(7-10(11)12(15)16)14-8-3-1-2-4-8/h5-8,14H,1-4H2,(H,15,16). The van der Waals surface area contributed by atoms with Crippen LogP contribution in [0.15, 0.2) is 18.2 Å². The number of hydrogen-bond acceptors (Lipinski definition) is 2. The van der Waals surface area contributed by atoms with Crippen LogP contribution in [0.3, 0.4) is 0 Å². The van der Waals surface area contributed by atoms with E-state index in [0.717, 1.165) is 12.8 Å². The Hall–Kier alpha value is -1.58. The van der Waals surface area contributed by atoms with Crippen molar-refractivity contribution in [2.45, 2.75) is 31.7 Å². The van der Waals surface area contributed by atoms with Gasteiger partial charge in [0.15, 0.2) is 0 Å². The monoisotopic (exact) mass is 223 g/mol. The number of halogens is 1. The van der Waals surface area contributed by atoms with Crippen molar-refractivity contribution >= 4 is 11.7 Å². The van der Waals surface area contributed by atoms with E-state index in [-0.39, 0.29) is 5.56 Å². The summed E-state index contributed by atoms with van der Waals surface area (Å²) < 4.78 is 13.1. The molecule has 1 aliphatic carbocycles. The zero-order chi connectivity index (χ0) is 11.5. The number of carbonyl (C=O) groups is 1. The van der Waals surface area contributed by atoms with Crippen LogP contribution in [0.25, 0.3) is 0 Å². The molecule has 2 N–H and O–H groups in total. The second-order valence-electron chi connectivity index (χ2n) is 4.13. The highest BCUT2D eigenvalue weighted by molar-refractivity contribution is 5.89. The first-order valence-corrected chi connectivity index (χ1v) is 5.46. The summed E-state index contributed by atoms with van der Waals surface area (Å²) in [7, 11) is 0. The number of hydrogen-bond donors (Lipinski definition) is 2. The summed E-state index contributed by atoms with van der Waals surface area (Å²) >= 11 is 0. The Kier molecular flexibility index (Phi) is 3.08. The van der Waals surface area contributed by atoms with Gasteiger partial charge in [0.2, 0.25) is 0 Å². The fraction of sp³-hybridized carbons (Fsp3) is 0.417. The highest BCUT2D eigenvalue weighted by Gasteiger charge is 2.16. The minimum atomic E-state index is -1.23. The third-order valence-corrected chi connectivity index (χ3v) is 2.92. The normalized spacial score (nSPS) is 16.3. The molecule has 1 aromatic rings. The van der Waals surface area contributed by atoms with E-state index in [9.17, 15) is 9.18 Å². The maximum atomic E-state index is 13.1. The maximum absolute atomic E-state index is 13.1. The average molecular weight is 223 g/mol. The predicted octanol–water partition coefficient (Wildman–Crippen LogP) is 2.88. The van der Waals surface area contributed by atoms with Crippen molar-refractivity contribution in [3.8, 4) is 0 Å². The Balaban J connectivity index is 2.15. The van der Waals surface area contributed by atoms with E-state index in [1.54, 1.807) is 6.07 Å². The van der Waals surface area contributed by atoms with E-state index < -0.39 is 11.8 Å². The first-order valence-electron chi connectivity index (χ1n) is 5.46. The molecule has 0 heterocycles. The van der Waals surface area contributed by atoms with Gasteiger partial charge in [-0.2, -0.15) is 0 Å². The Bertz CT molecular complexity index is 400. The molecule has 1 saturated carbocycles. The zero-order valence-electron chi connectivity index (χ0n) is 8.87. The molecule has 0 bridgehead atoms. The van der Waals surface area contributed by atoms with Gasteiger partial charge in [0.25, 0.3) is 0 Å². The number of benzene rings is 1. The van der Waals surface area contributed by atoms with Gasteiger partial charge in [-0.25, -0.2) is 9.18 Å². The van der Waals surface area contributed by atoms with Gasteiger partial charge in [0, 0.05) is 11.7 Å². The van der Waals surface area contributed by atoms with Crippen LogP contribution in [0.5, 0.6) is 0 Å². The van der Waals surface area contributed by atoms with Crippen LogP contribution in [-0.4, -0.2) is 17.1 Å². The van der Waals surface area contributed by atoms with Crippen LogP contribution in [0.1, 0.15) is 36.0 Å². The van der Waals surface area contributed by atoms with Crippen molar-refractivity contribution < 1.29 is 14.3 Å². The first kappa shape index (κ1) is 10.9. The fourth-order valence-electron chi connectivity index (χ4n) is 2.08. The van der Waals surface area contributed by atoms with Gasteiger partial charge in [-0.15, -0.1) is 0 Å². The van der Waals surface area contributed by atoms with E-state index in [0.29, 0.717) is 11.7 Å². The van der Waals surface area contributed by atoms with E-state index in [2.05, 4.69) is 5.32 Å². The fourth-order valence-corrected chi connectivity index (χ4v) is 2.08. The third kappa shape index (κ3) is 2.32. The lowest BCUT2D eigenvalue weighted by Gasteiger charge is -2.13. The summed E-state index contributed by atoms with van der Waals surface area (Å²) in [5, 5.41) is 12.0. The van der Waals surface area contributed by atoms with Crippen molar-refractivity contribution in [1.82, 2.24) is 0 Å². The minimum absolute atomic E-state index is 0.275. The van der Waals surface area contributed by atoms with Crippen LogP contribution in [0, 0.1) is 5.82 Å². The van der Waals surface area contributed by atoms with Gasteiger partial charge in [-0.3, -0.25) is 0 Å². The molecule has 0 atom stereocenters. The highest BCUT2D eigenvalue weighted by Crippen LogP contribution is 2.23. The number of aromatic carboxylic acids is 1. The molecule has 0 saturated heterocycles. The summed E-state index contributed by atoms with van der Waals surface area (Å²) in [5.41, 5.74) is 0.411. The molecule has 16 heavy (non-hydrogen) atoms. The summed E-state index contributed by atoms with van der Waals surface area (Å²) in [4.78, 5) is 10.7. The van der Waals surface area contributed by atoms with Crippen LogP contribution in [-0.2, 0) is 0 Å². The topological polar surface area (TPSA) is 49.3 Å². The molecular weight excluding hydrogens is 209 g/mol. The lowest BCUT2D eigenvalue weighted by molar-refractivity contribution is 0.0692. The van der Waals surface area contributed by atoms with Gasteiger partial charge in [0.05, 0.1) is 5.56 Å². The van der Waals surface area contributed by atoms with Crippen molar-refractivity contribution in [2.75, 3.05) is 5.32 Å². The Labute approximate surface area is 93.3 Å². The molecule has 0 aromatic heterocycles. The molecule has 1 aliphatic rings. The molecule has 4 heteroatoms. The Morgan fingerprint density at radius 2 is 2.06 bits per heavy atom. The molecule has 86 valence electrons. The largest absolute Gasteiger partial charge is 0.478 e. The Morgan fingerprint density at radius 3 is 2.69 bits per heavy atom. The minimum Gasteiger partial charge on any atom is -0.478 e. The molecule has 0 unspecified atom stereocenters. The molecule has 0 amide bonds. The summed E-state index contributed by atoms with van der Waals surface area (Å²) in [6.45, 7) is 0. The molecule has 1 fully saturated rings. The van der Waals surface area contributed by atoms with Crippen molar-refractivity contribution in [2.24, 2.45) is 0 Å². The van der Waals surface area contributed by atoms with Gasteiger partial charge < -0.3 is 10.4 Å². The average Bonchev–Trinajstić information content (AvgIpc) is 2.73. The van der Waals surface area contributed by atoms with E-state index in [1.807, 2.05) is 0 Å². The van der Waals surface area contributed by atoms with E-state index >= 15 is 0 Å². The van der Waals surface area contributed by atoms with Gasteiger partial charge >= 0.3 is 5.97 Å². The number of nitrogens with one attached hydrogen (secondary N) is 1. The van der Waals surface area contributed by atoms with Crippen molar-refractivity contribution in [3.05, 3.63) is 29.6 Å². The summed E-state index contributed by atoms with van der Waals surface area (Å²) in [6.07, 6.45) is 4.59. The molecule has 0 spiro atoms. The van der Waals surface area contributed by atoms with Crippen LogP contribution >= 0.6 is 0 Å². The predicted molar refractivity (Wildman–Crippen MR) is 59.2 cm³/mol. The van der Waals surface area contributed by atoms with Crippen molar-refractivity contribution in [3.63, 3.8) is 0 Å². The molecule has 0 radical (unpaired) electrons. The van der Waals surface area contributed by atoms with Crippen LogP contribution in [0.2, 0.25) is 0 Å². The number of carboxylic acid groups (broad SMARTS) is 1. The maximum Gasteiger partial charge on any atom is 0.338 e. The van der Waals surface area contributed by atoms with Crippen LogP contribution < -0.4 is 5.32 Å². The van der Waals surface area contributed by atoms with Crippen molar-refractivity contribution in [1.29, 1.82) is 0 Å². The smallest absolute Gasteiger partial charge is 0.338 e. The van der Waals surface area contributed by atoms with Gasteiger partial charge in [0.1, 0.15) is 5.82 Å². The second-order valence-corrected chi connectivity index (χ2v) is 4.13. The Morgan fingerprint density at radius 1 is 1.38 bits per heavy atom. The summed E-state index contributed by atoms with van der Waals surface area (Å²) in [5.74, 6) is -1.92.